The number of aryl methyl sites for hydroxylation is 1. The minimum Gasteiger partial charge on any atom is -0.403 e. The van der Waals surface area contributed by atoms with Crippen LogP contribution >= 0.6 is 22.9 Å². The van der Waals surface area contributed by atoms with Crippen LogP contribution in [-0.4, -0.2) is 41.9 Å². The molecule has 8 nitrogen and oxygen atoms in total. The number of nitrogens with zero attached hydrogens (tertiary/aromatic N) is 3. The first-order valence-electron chi connectivity index (χ1n) is 9.30. The van der Waals surface area contributed by atoms with Gasteiger partial charge in [-0.2, -0.15) is 4.31 Å². The second-order valence-corrected chi connectivity index (χ2v) is 10.9. The minimum atomic E-state index is -3.58. The van der Waals surface area contributed by atoms with Crippen molar-refractivity contribution in [3.8, 4) is 11.5 Å². The van der Waals surface area contributed by atoms with Gasteiger partial charge in [-0.3, -0.25) is 10.1 Å². The summed E-state index contributed by atoms with van der Waals surface area (Å²) in [6.45, 7) is 2.50. The number of amides is 1. The topological polar surface area (TPSA) is 105 Å². The average Bonchev–Trinajstić information content (AvgIpc) is 3.38. The number of hydrogen-bond donors (Lipinski definition) is 1. The Morgan fingerprint density at radius 1 is 1.17 bits per heavy atom. The fourth-order valence-corrected chi connectivity index (χ4v) is 6.32. The molecule has 158 valence electrons. The molecule has 3 aromatic rings. The lowest BCUT2D eigenvalue weighted by Crippen LogP contribution is -2.41. The molecule has 1 saturated heterocycles. The molecule has 11 heteroatoms. The molecule has 0 spiro atoms. The maximum Gasteiger partial charge on any atom is 0.322 e. The fraction of sp³-hybridized carbons (Fsp3) is 0.316. The summed E-state index contributed by atoms with van der Waals surface area (Å²) < 4.78 is 32.9. The molecule has 0 unspecified atom stereocenters. The summed E-state index contributed by atoms with van der Waals surface area (Å²) in [5.74, 6) is -0.274. The molecule has 3 heterocycles. The molecule has 0 aliphatic carbocycles. The highest BCUT2D eigenvalue weighted by molar-refractivity contribution is 7.91. The van der Waals surface area contributed by atoms with E-state index in [1.807, 2.05) is 31.2 Å². The molecule has 1 fully saturated rings. The summed E-state index contributed by atoms with van der Waals surface area (Å²) in [7, 11) is -3.58. The van der Waals surface area contributed by atoms with Gasteiger partial charge in [0.15, 0.2) is 0 Å². The molecular weight excluding hydrogens is 448 g/mol. The minimum absolute atomic E-state index is 0.0267. The zero-order chi connectivity index (χ0) is 21.3. The molecule has 4 rings (SSSR count). The summed E-state index contributed by atoms with van der Waals surface area (Å²) in [6, 6.07) is 10.7. The van der Waals surface area contributed by atoms with Crippen LogP contribution in [0.15, 0.2) is 45.0 Å². The van der Waals surface area contributed by atoms with E-state index in [2.05, 4.69) is 15.5 Å². The van der Waals surface area contributed by atoms with Crippen LogP contribution in [0.3, 0.4) is 0 Å². The Balaban J connectivity index is 1.35. The summed E-state index contributed by atoms with van der Waals surface area (Å²) >= 11 is 6.88. The molecule has 0 atom stereocenters. The Hall–Kier alpha value is -2.27. The monoisotopic (exact) mass is 466 g/mol. The highest BCUT2D eigenvalue weighted by Crippen LogP contribution is 2.31. The first-order valence-corrected chi connectivity index (χ1v) is 11.9. The Labute approximate surface area is 182 Å². The van der Waals surface area contributed by atoms with E-state index in [0.717, 1.165) is 22.5 Å². The summed E-state index contributed by atoms with van der Waals surface area (Å²) in [4.78, 5) is 12.6. The number of sulfonamides is 1. The van der Waals surface area contributed by atoms with Crippen molar-refractivity contribution in [2.24, 2.45) is 5.92 Å². The highest BCUT2D eigenvalue weighted by atomic mass is 35.5. The van der Waals surface area contributed by atoms with Crippen molar-refractivity contribution in [3.63, 3.8) is 0 Å². The van der Waals surface area contributed by atoms with Crippen molar-refractivity contribution < 1.29 is 17.6 Å². The van der Waals surface area contributed by atoms with E-state index in [9.17, 15) is 13.2 Å². The third-order valence-electron chi connectivity index (χ3n) is 4.92. The molecule has 30 heavy (non-hydrogen) atoms. The standard InChI is InChI=1S/C19H19ClN4O4S2/c1-12-2-4-14(5-3-12)18-22-23-19(28-18)21-17(25)13-8-10-24(11-9-13)30(26,27)16-7-6-15(20)29-16/h2-7,13H,8-11H2,1H3,(H,21,23,25). The van der Waals surface area contributed by atoms with E-state index in [1.165, 1.54) is 10.4 Å². The van der Waals surface area contributed by atoms with Gasteiger partial charge in [-0.05, 0) is 44.0 Å². The normalized spacial score (nSPS) is 15.9. The van der Waals surface area contributed by atoms with Gasteiger partial charge >= 0.3 is 6.01 Å². The van der Waals surface area contributed by atoms with Gasteiger partial charge in [0.05, 0.1) is 4.34 Å². The maximum absolute atomic E-state index is 12.7. The van der Waals surface area contributed by atoms with Crippen molar-refractivity contribution in [2.45, 2.75) is 24.0 Å². The van der Waals surface area contributed by atoms with Crippen LogP contribution in [0.4, 0.5) is 6.01 Å². The maximum atomic E-state index is 12.7. The lowest BCUT2D eigenvalue weighted by molar-refractivity contribution is -0.121. The second-order valence-electron chi connectivity index (χ2n) is 7.00. The van der Waals surface area contributed by atoms with Gasteiger partial charge in [-0.1, -0.05) is 34.4 Å². The van der Waals surface area contributed by atoms with Gasteiger partial charge in [0.2, 0.25) is 11.8 Å². The van der Waals surface area contributed by atoms with Gasteiger partial charge in [0, 0.05) is 24.6 Å². The fourth-order valence-electron chi connectivity index (χ4n) is 3.22. The van der Waals surface area contributed by atoms with Gasteiger partial charge in [-0.15, -0.1) is 16.4 Å². The number of thiophene rings is 1. The van der Waals surface area contributed by atoms with Crippen molar-refractivity contribution in [3.05, 3.63) is 46.3 Å². The SMILES string of the molecule is Cc1ccc(-c2nnc(NC(=O)C3CCN(S(=O)(=O)c4ccc(Cl)s4)CC3)o2)cc1. The van der Waals surface area contributed by atoms with E-state index in [-0.39, 0.29) is 35.1 Å². The zero-order valence-corrected chi connectivity index (χ0v) is 18.4. The molecular formula is C19H19ClN4O4S2. The quantitative estimate of drug-likeness (QED) is 0.613. The summed E-state index contributed by atoms with van der Waals surface area (Å²) in [6.07, 6.45) is 0.812. The van der Waals surface area contributed by atoms with Gasteiger partial charge in [-0.25, -0.2) is 8.42 Å². The Bertz CT molecular complexity index is 1150. The number of halogens is 1. The number of anilines is 1. The second kappa shape index (κ2) is 8.46. The van der Waals surface area contributed by atoms with Crippen LogP contribution in [-0.2, 0) is 14.8 Å². The third-order valence-corrected chi connectivity index (χ3v) is 8.52. The van der Waals surface area contributed by atoms with Crippen molar-refractivity contribution >= 4 is 44.9 Å². The van der Waals surface area contributed by atoms with E-state index in [0.29, 0.717) is 23.1 Å². The third kappa shape index (κ3) is 4.41. The molecule has 0 radical (unpaired) electrons. The van der Waals surface area contributed by atoms with Gasteiger partial charge in [0.1, 0.15) is 4.21 Å². The average molecular weight is 467 g/mol. The van der Waals surface area contributed by atoms with Crippen molar-refractivity contribution in [1.82, 2.24) is 14.5 Å². The molecule has 1 aliphatic rings. The van der Waals surface area contributed by atoms with E-state index < -0.39 is 10.0 Å². The summed E-state index contributed by atoms with van der Waals surface area (Å²) in [5, 5.41) is 10.5. The zero-order valence-electron chi connectivity index (χ0n) is 16.0. The van der Waals surface area contributed by atoms with E-state index >= 15 is 0 Å². The Kier molecular flexibility index (Phi) is 5.92. The highest BCUT2D eigenvalue weighted by Gasteiger charge is 2.33. The lowest BCUT2D eigenvalue weighted by Gasteiger charge is -2.29. The van der Waals surface area contributed by atoms with Crippen LogP contribution in [0, 0.1) is 12.8 Å². The number of aromatic nitrogens is 2. The molecule has 1 aliphatic heterocycles. The predicted octanol–water partition coefficient (Wildman–Crippen LogP) is 3.80. The number of nitrogens with one attached hydrogen (secondary N) is 1. The molecule has 1 N–H and O–H groups in total. The number of carbonyl (C=O) groups is 1. The van der Waals surface area contributed by atoms with Gasteiger partial charge in [0.25, 0.3) is 10.0 Å². The Morgan fingerprint density at radius 2 is 1.87 bits per heavy atom. The smallest absolute Gasteiger partial charge is 0.322 e. The number of piperidine rings is 1. The van der Waals surface area contributed by atoms with Crippen molar-refractivity contribution in [2.75, 3.05) is 18.4 Å². The first kappa shape index (κ1) is 21.0. The number of hydrogen-bond acceptors (Lipinski definition) is 7. The van der Waals surface area contributed by atoms with Gasteiger partial charge < -0.3 is 4.42 Å². The molecule has 1 aromatic carbocycles. The van der Waals surface area contributed by atoms with Crippen LogP contribution in [0.1, 0.15) is 18.4 Å². The number of benzene rings is 1. The van der Waals surface area contributed by atoms with Crippen LogP contribution in [0.25, 0.3) is 11.5 Å². The largest absolute Gasteiger partial charge is 0.403 e. The predicted molar refractivity (Wildman–Crippen MR) is 114 cm³/mol. The number of carbonyl (C=O) groups excluding carboxylic acids is 1. The number of rotatable bonds is 5. The van der Waals surface area contributed by atoms with Crippen LogP contribution < -0.4 is 5.32 Å². The van der Waals surface area contributed by atoms with Crippen LogP contribution in [0.5, 0.6) is 0 Å². The molecule has 0 bridgehead atoms. The van der Waals surface area contributed by atoms with Crippen LogP contribution in [0.2, 0.25) is 4.34 Å². The molecule has 1 amide bonds. The van der Waals surface area contributed by atoms with E-state index in [4.69, 9.17) is 16.0 Å². The van der Waals surface area contributed by atoms with Crippen molar-refractivity contribution in [1.29, 1.82) is 0 Å². The molecule has 0 saturated carbocycles. The van der Waals surface area contributed by atoms with E-state index in [1.54, 1.807) is 6.07 Å². The summed E-state index contributed by atoms with van der Waals surface area (Å²) in [5.41, 5.74) is 1.88. The molecule has 2 aromatic heterocycles. The Morgan fingerprint density at radius 3 is 2.50 bits per heavy atom. The lowest BCUT2D eigenvalue weighted by atomic mass is 9.97. The first-order chi connectivity index (χ1) is 14.3.